The highest BCUT2D eigenvalue weighted by Gasteiger charge is 2.20. The Morgan fingerprint density at radius 1 is 1.53 bits per heavy atom. The van der Waals surface area contributed by atoms with Gasteiger partial charge in [0, 0.05) is 6.07 Å². The molecule has 1 rings (SSSR count). The molecule has 0 aliphatic heterocycles. The Labute approximate surface area is 90.3 Å². The van der Waals surface area contributed by atoms with Crippen molar-refractivity contribution in [3.8, 4) is 0 Å². The van der Waals surface area contributed by atoms with Crippen molar-refractivity contribution < 1.29 is 14.7 Å². The second-order valence-electron chi connectivity index (χ2n) is 2.78. The van der Waals surface area contributed by atoms with Gasteiger partial charge in [0.05, 0.1) is 0 Å². The highest BCUT2D eigenvalue weighted by atomic mass is 35.5. The highest BCUT2D eigenvalue weighted by Crippen LogP contribution is 2.09. The van der Waals surface area contributed by atoms with Gasteiger partial charge in [0.1, 0.15) is 23.2 Å². The molecule has 2 N–H and O–H groups in total. The number of nitrogens with zero attached hydrogens (tertiary/aromatic N) is 2. The number of rotatable bonds is 3. The topological polar surface area (TPSA) is 92.2 Å². The molecule has 0 aromatic carbocycles. The molecule has 0 spiro atoms. The lowest BCUT2D eigenvalue weighted by atomic mass is 10.2. The van der Waals surface area contributed by atoms with Crippen LogP contribution in [-0.4, -0.2) is 27.0 Å². The summed E-state index contributed by atoms with van der Waals surface area (Å²) < 4.78 is 0. The molecule has 6 nitrogen and oxygen atoms in total. The summed E-state index contributed by atoms with van der Waals surface area (Å²) in [7, 11) is 0. The molecule has 7 heteroatoms. The van der Waals surface area contributed by atoms with E-state index in [0.717, 1.165) is 0 Å². The number of hydrogen-bond acceptors (Lipinski definition) is 4. The quantitative estimate of drug-likeness (QED) is 0.591. The Morgan fingerprint density at radius 2 is 2.20 bits per heavy atom. The van der Waals surface area contributed by atoms with Crippen molar-refractivity contribution in [1.82, 2.24) is 9.97 Å². The van der Waals surface area contributed by atoms with Crippen molar-refractivity contribution in [2.45, 2.75) is 6.92 Å². The summed E-state index contributed by atoms with van der Waals surface area (Å²) in [5.41, 5.74) is 0. The maximum Gasteiger partial charge on any atom is 0.315 e. The van der Waals surface area contributed by atoms with Gasteiger partial charge in [-0.15, -0.1) is 0 Å². The number of aromatic nitrogens is 2. The van der Waals surface area contributed by atoms with E-state index < -0.39 is 17.8 Å². The Bertz CT molecular complexity index is 396. The van der Waals surface area contributed by atoms with Crippen molar-refractivity contribution >= 4 is 29.3 Å². The summed E-state index contributed by atoms with van der Waals surface area (Å²) in [6, 6.07) is 1.33. The molecule has 80 valence electrons. The zero-order chi connectivity index (χ0) is 11.4. The third-order valence-electron chi connectivity index (χ3n) is 1.65. The van der Waals surface area contributed by atoms with Crippen molar-refractivity contribution in [3.05, 3.63) is 17.5 Å². The minimum atomic E-state index is -1.20. The minimum Gasteiger partial charge on any atom is -0.481 e. The first kappa shape index (κ1) is 11.4. The summed E-state index contributed by atoms with van der Waals surface area (Å²) in [6.45, 7) is 1.28. The van der Waals surface area contributed by atoms with Crippen LogP contribution in [0.4, 0.5) is 5.82 Å². The first-order valence-corrected chi connectivity index (χ1v) is 4.39. The van der Waals surface area contributed by atoms with Gasteiger partial charge in [0.25, 0.3) is 0 Å². The van der Waals surface area contributed by atoms with Crippen LogP contribution in [0.1, 0.15) is 6.92 Å². The lowest BCUT2D eigenvalue weighted by Crippen LogP contribution is -2.27. The Kier molecular flexibility index (Phi) is 3.56. The van der Waals surface area contributed by atoms with Crippen LogP contribution in [-0.2, 0) is 9.59 Å². The molecule has 15 heavy (non-hydrogen) atoms. The van der Waals surface area contributed by atoms with Crippen LogP contribution in [0, 0.1) is 5.92 Å². The van der Waals surface area contributed by atoms with E-state index in [2.05, 4.69) is 15.3 Å². The van der Waals surface area contributed by atoms with Gasteiger partial charge in [0.15, 0.2) is 0 Å². The van der Waals surface area contributed by atoms with Crippen molar-refractivity contribution in [3.63, 3.8) is 0 Å². The number of anilines is 1. The molecular formula is C8H8ClN3O3. The van der Waals surface area contributed by atoms with Crippen LogP contribution >= 0.6 is 11.6 Å². The zero-order valence-electron chi connectivity index (χ0n) is 7.77. The number of carboxylic acids is 1. The first-order chi connectivity index (χ1) is 7.00. The molecule has 1 heterocycles. The average Bonchev–Trinajstić information content (AvgIpc) is 2.16. The van der Waals surface area contributed by atoms with Gasteiger partial charge in [-0.2, -0.15) is 0 Å². The SMILES string of the molecule is CC(C(=O)O)C(=O)Nc1cc(Cl)ncn1. The van der Waals surface area contributed by atoms with Crippen molar-refractivity contribution in [2.24, 2.45) is 5.92 Å². The van der Waals surface area contributed by atoms with Gasteiger partial charge in [0.2, 0.25) is 5.91 Å². The summed E-state index contributed by atoms with van der Waals surface area (Å²) >= 11 is 5.55. The molecule has 0 bridgehead atoms. The normalized spacial score (nSPS) is 11.9. The second-order valence-corrected chi connectivity index (χ2v) is 3.16. The fraction of sp³-hybridized carbons (Fsp3) is 0.250. The van der Waals surface area contributed by atoms with Crippen LogP contribution in [0.2, 0.25) is 5.15 Å². The number of carboxylic acid groups (broad SMARTS) is 1. The van der Waals surface area contributed by atoms with E-state index in [1.54, 1.807) is 0 Å². The van der Waals surface area contributed by atoms with Crippen LogP contribution in [0.3, 0.4) is 0 Å². The van der Waals surface area contributed by atoms with Gasteiger partial charge >= 0.3 is 5.97 Å². The predicted octanol–water partition coefficient (Wildman–Crippen LogP) is 0.789. The van der Waals surface area contributed by atoms with Gasteiger partial charge in [-0.25, -0.2) is 9.97 Å². The Hall–Kier alpha value is -1.69. The first-order valence-electron chi connectivity index (χ1n) is 4.02. The molecule has 1 atom stereocenters. The summed E-state index contributed by atoms with van der Waals surface area (Å²) in [5, 5.41) is 11.0. The summed E-state index contributed by atoms with van der Waals surface area (Å²) in [5.74, 6) is -2.82. The Balaban J connectivity index is 2.70. The molecular weight excluding hydrogens is 222 g/mol. The second kappa shape index (κ2) is 4.70. The van der Waals surface area contributed by atoms with E-state index in [1.165, 1.54) is 19.3 Å². The maximum atomic E-state index is 11.3. The highest BCUT2D eigenvalue weighted by molar-refractivity contribution is 6.29. The number of amides is 1. The number of carbonyl (C=O) groups is 2. The molecule has 1 unspecified atom stereocenters. The van der Waals surface area contributed by atoms with Gasteiger partial charge in [-0.1, -0.05) is 11.6 Å². The molecule has 0 saturated heterocycles. The van der Waals surface area contributed by atoms with Gasteiger partial charge < -0.3 is 10.4 Å². The largest absolute Gasteiger partial charge is 0.481 e. The fourth-order valence-electron chi connectivity index (χ4n) is 0.749. The fourth-order valence-corrected chi connectivity index (χ4v) is 0.896. The third kappa shape index (κ3) is 3.17. The van der Waals surface area contributed by atoms with Crippen LogP contribution in [0.25, 0.3) is 0 Å². The zero-order valence-corrected chi connectivity index (χ0v) is 8.52. The summed E-state index contributed by atoms with van der Waals surface area (Å²) in [4.78, 5) is 29.1. The predicted molar refractivity (Wildman–Crippen MR) is 52.5 cm³/mol. The van der Waals surface area contributed by atoms with E-state index in [-0.39, 0.29) is 11.0 Å². The minimum absolute atomic E-state index is 0.170. The average molecular weight is 230 g/mol. The van der Waals surface area contributed by atoms with Crippen LogP contribution in [0.15, 0.2) is 12.4 Å². The maximum absolute atomic E-state index is 11.3. The van der Waals surface area contributed by atoms with Crippen LogP contribution in [0.5, 0.6) is 0 Å². The number of halogens is 1. The number of carbonyl (C=O) groups excluding carboxylic acids is 1. The molecule has 0 fully saturated rings. The molecule has 1 amide bonds. The molecule has 0 aliphatic carbocycles. The van der Waals surface area contributed by atoms with E-state index in [4.69, 9.17) is 16.7 Å². The van der Waals surface area contributed by atoms with E-state index in [0.29, 0.717) is 0 Å². The number of nitrogens with one attached hydrogen (secondary N) is 1. The molecule has 0 saturated carbocycles. The van der Waals surface area contributed by atoms with Crippen molar-refractivity contribution in [1.29, 1.82) is 0 Å². The lowest BCUT2D eigenvalue weighted by molar-refractivity contribution is -0.144. The Morgan fingerprint density at radius 3 is 2.73 bits per heavy atom. The number of aliphatic carboxylic acids is 1. The monoisotopic (exact) mass is 229 g/mol. The van der Waals surface area contributed by atoms with E-state index in [9.17, 15) is 9.59 Å². The molecule has 0 aliphatic rings. The smallest absolute Gasteiger partial charge is 0.315 e. The number of hydrogen-bond donors (Lipinski definition) is 2. The molecule has 1 aromatic heterocycles. The lowest BCUT2D eigenvalue weighted by Gasteiger charge is -2.06. The van der Waals surface area contributed by atoms with Gasteiger partial charge in [-0.05, 0) is 6.92 Å². The summed E-state index contributed by atoms with van der Waals surface area (Å²) in [6.07, 6.45) is 1.17. The van der Waals surface area contributed by atoms with E-state index >= 15 is 0 Å². The van der Waals surface area contributed by atoms with Crippen LogP contribution < -0.4 is 5.32 Å². The molecule has 0 radical (unpaired) electrons. The van der Waals surface area contributed by atoms with E-state index in [1.807, 2.05) is 0 Å². The molecule has 1 aromatic rings. The standard InChI is InChI=1S/C8H8ClN3O3/c1-4(8(14)15)7(13)12-6-2-5(9)10-3-11-6/h2-4H,1H3,(H,14,15)(H,10,11,12,13). The third-order valence-corrected chi connectivity index (χ3v) is 1.86. The van der Waals surface area contributed by atoms with Gasteiger partial charge in [-0.3, -0.25) is 9.59 Å². The van der Waals surface area contributed by atoms with Crippen molar-refractivity contribution in [2.75, 3.05) is 5.32 Å².